The lowest BCUT2D eigenvalue weighted by atomic mass is 9.91. The molecule has 3 heteroatoms. The lowest BCUT2D eigenvalue weighted by Gasteiger charge is -2.20. The zero-order valence-corrected chi connectivity index (χ0v) is 9.75. The highest BCUT2D eigenvalue weighted by atomic mass is 19.1. The fraction of sp³-hybridized carbons (Fsp3) is 0.615. The number of aromatic nitrogens is 1. The first-order chi connectivity index (χ1) is 7.81. The van der Waals surface area contributed by atoms with E-state index in [1.807, 2.05) is 13.1 Å². The predicted molar refractivity (Wildman–Crippen MR) is 62.9 cm³/mol. The van der Waals surface area contributed by atoms with Crippen molar-refractivity contribution in [3.63, 3.8) is 0 Å². The highest BCUT2D eigenvalue weighted by molar-refractivity contribution is 5.18. The summed E-state index contributed by atoms with van der Waals surface area (Å²) in [6.45, 7) is 0. The van der Waals surface area contributed by atoms with Gasteiger partial charge >= 0.3 is 0 Å². The standard InChI is InChI=1S/C13H19FN2/c1-15-11-5-3-2-4-10(8-11)12-6-7-16-9-13(12)14/h6-7,9-11,15H,2-5,8H2,1H3. The van der Waals surface area contributed by atoms with E-state index in [1.54, 1.807) is 6.20 Å². The van der Waals surface area contributed by atoms with E-state index in [1.165, 1.54) is 25.5 Å². The van der Waals surface area contributed by atoms with Gasteiger partial charge in [0.2, 0.25) is 0 Å². The van der Waals surface area contributed by atoms with Crippen molar-refractivity contribution < 1.29 is 4.39 Å². The van der Waals surface area contributed by atoms with Crippen LogP contribution in [-0.2, 0) is 0 Å². The van der Waals surface area contributed by atoms with E-state index in [9.17, 15) is 4.39 Å². The number of halogens is 1. The van der Waals surface area contributed by atoms with Gasteiger partial charge in [-0.15, -0.1) is 0 Å². The predicted octanol–water partition coefficient (Wildman–Crippen LogP) is 2.86. The Balaban J connectivity index is 2.16. The maximum absolute atomic E-state index is 13.7. The Kier molecular flexibility index (Phi) is 3.88. The van der Waals surface area contributed by atoms with Gasteiger partial charge in [0.15, 0.2) is 0 Å². The van der Waals surface area contributed by atoms with Crippen LogP contribution in [-0.4, -0.2) is 18.1 Å². The molecule has 1 heterocycles. The quantitative estimate of drug-likeness (QED) is 0.778. The van der Waals surface area contributed by atoms with Crippen molar-refractivity contribution in [1.82, 2.24) is 10.3 Å². The fourth-order valence-electron chi connectivity index (χ4n) is 2.62. The molecule has 16 heavy (non-hydrogen) atoms. The topological polar surface area (TPSA) is 24.9 Å². The summed E-state index contributed by atoms with van der Waals surface area (Å²) in [7, 11) is 2.00. The van der Waals surface area contributed by atoms with E-state index >= 15 is 0 Å². The number of nitrogens with zero attached hydrogens (tertiary/aromatic N) is 1. The molecule has 1 saturated carbocycles. The Morgan fingerprint density at radius 2 is 2.19 bits per heavy atom. The van der Waals surface area contributed by atoms with Crippen molar-refractivity contribution in [3.05, 3.63) is 29.8 Å². The zero-order valence-electron chi connectivity index (χ0n) is 9.75. The minimum atomic E-state index is -0.149. The molecule has 0 amide bonds. The molecule has 0 aliphatic heterocycles. The summed E-state index contributed by atoms with van der Waals surface area (Å²) in [6, 6.07) is 2.36. The van der Waals surface area contributed by atoms with Gasteiger partial charge in [0, 0.05) is 12.2 Å². The van der Waals surface area contributed by atoms with Crippen molar-refractivity contribution in [1.29, 1.82) is 0 Å². The average molecular weight is 222 g/mol. The van der Waals surface area contributed by atoms with Gasteiger partial charge in [0.05, 0.1) is 6.20 Å². The van der Waals surface area contributed by atoms with Crippen molar-refractivity contribution in [2.75, 3.05) is 7.05 Å². The van der Waals surface area contributed by atoms with Crippen LogP contribution in [0.4, 0.5) is 4.39 Å². The Hall–Kier alpha value is -0.960. The van der Waals surface area contributed by atoms with E-state index in [-0.39, 0.29) is 5.82 Å². The van der Waals surface area contributed by atoms with Gasteiger partial charge in [-0.1, -0.05) is 12.8 Å². The second-order valence-electron chi connectivity index (χ2n) is 4.60. The van der Waals surface area contributed by atoms with Gasteiger partial charge in [0.1, 0.15) is 5.82 Å². The summed E-state index contributed by atoms with van der Waals surface area (Å²) in [5, 5.41) is 3.33. The molecule has 0 radical (unpaired) electrons. The van der Waals surface area contributed by atoms with Crippen LogP contribution in [0, 0.1) is 5.82 Å². The maximum Gasteiger partial charge on any atom is 0.144 e. The lowest BCUT2D eigenvalue weighted by molar-refractivity contribution is 0.459. The van der Waals surface area contributed by atoms with Crippen LogP contribution in [0.25, 0.3) is 0 Å². The van der Waals surface area contributed by atoms with E-state index in [4.69, 9.17) is 0 Å². The molecule has 1 aromatic rings. The van der Waals surface area contributed by atoms with E-state index < -0.39 is 0 Å². The number of nitrogens with one attached hydrogen (secondary N) is 1. The van der Waals surface area contributed by atoms with Crippen molar-refractivity contribution in [3.8, 4) is 0 Å². The monoisotopic (exact) mass is 222 g/mol. The van der Waals surface area contributed by atoms with Crippen LogP contribution < -0.4 is 5.32 Å². The SMILES string of the molecule is CNC1CCCCC(c2ccncc2F)C1. The minimum absolute atomic E-state index is 0.149. The number of rotatable bonds is 2. The molecule has 1 aliphatic rings. The number of hydrogen-bond donors (Lipinski definition) is 1. The maximum atomic E-state index is 13.7. The molecule has 0 spiro atoms. The lowest BCUT2D eigenvalue weighted by Crippen LogP contribution is -2.26. The largest absolute Gasteiger partial charge is 0.317 e. The normalized spacial score (nSPS) is 26.4. The number of hydrogen-bond acceptors (Lipinski definition) is 2. The van der Waals surface area contributed by atoms with Gasteiger partial charge in [-0.3, -0.25) is 4.98 Å². The number of pyridine rings is 1. The third-order valence-electron chi connectivity index (χ3n) is 3.58. The van der Waals surface area contributed by atoms with Crippen LogP contribution in [0.1, 0.15) is 43.6 Å². The molecule has 1 fully saturated rings. The molecule has 1 N–H and O–H groups in total. The van der Waals surface area contributed by atoms with Crippen LogP contribution in [0.3, 0.4) is 0 Å². The third-order valence-corrected chi connectivity index (χ3v) is 3.58. The van der Waals surface area contributed by atoms with Crippen LogP contribution >= 0.6 is 0 Å². The molecule has 2 rings (SSSR count). The summed E-state index contributed by atoms with van der Waals surface area (Å²) < 4.78 is 13.7. The van der Waals surface area contributed by atoms with Crippen molar-refractivity contribution in [2.24, 2.45) is 0 Å². The van der Waals surface area contributed by atoms with E-state index in [0.29, 0.717) is 12.0 Å². The van der Waals surface area contributed by atoms with Gasteiger partial charge in [-0.25, -0.2) is 4.39 Å². The fourth-order valence-corrected chi connectivity index (χ4v) is 2.62. The Labute approximate surface area is 96.3 Å². The summed E-state index contributed by atoms with van der Waals surface area (Å²) >= 11 is 0. The van der Waals surface area contributed by atoms with Gasteiger partial charge in [-0.05, 0) is 43.9 Å². The summed E-state index contributed by atoms with van der Waals surface area (Å²) in [5.74, 6) is 0.201. The van der Waals surface area contributed by atoms with E-state index in [0.717, 1.165) is 18.4 Å². The first-order valence-corrected chi connectivity index (χ1v) is 6.08. The van der Waals surface area contributed by atoms with Crippen molar-refractivity contribution >= 4 is 0 Å². The van der Waals surface area contributed by atoms with Gasteiger partial charge in [-0.2, -0.15) is 0 Å². The van der Waals surface area contributed by atoms with Crippen LogP contribution in [0.15, 0.2) is 18.5 Å². The van der Waals surface area contributed by atoms with Crippen LogP contribution in [0.2, 0.25) is 0 Å². The highest BCUT2D eigenvalue weighted by Crippen LogP contribution is 2.32. The molecular formula is C13H19FN2. The molecule has 0 aromatic carbocycles. The molecule has 1 aliphatic carbocycles. The summed E-state index contributed by atoms with van der Waals surface area (Å²) in [4.78, 5) is 3.81. The summed E-state index contributed by atoms with van der Waals surface area (Å²) in [5.41, 5.74) is 0.845. The Morgan fingerprint density at radius 1 is 1.38 bits per heavy atom. The van der Waals surface area contributed by atoms with Gasteiger partial charge in [0.25, 0.3) is 0 Å². The second-order valence-corrected chi connectivity index (χ2v) is 4.60. The minimum Gasteiger partial charge on any atom is -0.317 e. The second kappa shape index (κ2) is 5.39. The molecule has 2 atom stereocenters. The Bertz CT molecular complexity index is 340. The Morgan fingerprint density at radius 3 is 2.94 bits per heavy atom. The molecule has 2 nitrogen and oxygen atoms in total. The first kappa shape index (κ1) is 11.5. The molecule has 88 valence electrons. The third kappa shape index (κ3) is 2.59. The summed E-state index contributed by atoms with van der Waals surface area (Å²) in [6.07, 6.45) is 8.81. The average Bonchev–Trinajstić information content (AvgIpc) is 2.55. The smallest absolute Gasteiger partial charge is 0.144 e. The zero-order chi connectivity index (χ0) is 11.4. The van der Waals surface area contributed by atoms with Crippen molar-refractivity contribution in [2.45, 2.75) is 44.1 Å². The molecule has 2 unspecified atom stereocenters. The van der Waals surface area contributed by atoms with Gasteiger partial charge < -0.3 is 5.32 Å². The molecular weight excluding hydrogens is 203 g/mol. The molecule has 1 aromatic heterocycles. The van der Waals surface area contributed by atoms with E-state index in [2.05, 4.69) is 10.3 Å². The first-order valence-electron chi connectivity index (χ1n) is 6.08. The molecule has 0 bridgehead atoms. The molecule has 0 saturated heterocycles. The van der Waals surface area contributed by atoms with Crippen LogP contribution in [0.5, 0.6) is 0 Å². The highest BCUT2D eigenvalue weighted by Gasteiger charge is 2.22.